The Kier molecular flexibility index (Phi) is 2.35. The highest BCUT2D eigenvalue weighted by Crippen LogP contribution is 2.35. The number of rotatable bonds is 1. The number of benzene rings is 1. The molecule has 5 heteroatoms. The van der Waals surface area contributed by atoms with Crippen LogP contribution in [0.25, 0.3) is 5.65 Å². The molecule has 94 valence electrons. The van der Waals surface area contributed by atoms with Crippen LogP contribution in [-0.2, 0) is 6.42 Å². The minimum absolute atomic E-state index is 0.923. The Morgan fingerprint density at radius 1 is 1.11 bits per heavy atom. The summed E-state index contributed by atoms with van der Waals surface area (Å²) >= 11 is 3.54. The van der Waals surface area contributed by atoms with Gasteiger partial charge in [-0.15, -0.1) is 0 Å². The SMILES string of the molecule is Brc1ccc2c(c1)N(c1nccc3nccn13)CC2. The molecule has 0 N–H and O–H groups in total. The first-order valence-electron chi connectivity index (χ1n) is 6.17. The lowest BCUT2D eigenvalue weighted by molar-refractivity contribution is 0.918. The summed E-state index contributed by atoms with van der Waals surface area (Å²) in [7, 11) is 0. The van der Waals surface area contributed by atoms with Gasteiger partial charge in [0.25, 0.3) is 0 Å². The summed E-state index contributed by atoms with van der Waals surface area (Å²) in [6.07, 6.45) is 6.62. The number of fused-ring (bicyclic) bond motifs is 2. The molecule has 0 fully saturated rings. The third-order valence-electron chi connectivity index (χ3n) is 3.48. The van der Waals surface area contributed by atoms with E-state index in [0.717, 1.165) is 29.0 Å². The molecule has 1 aliphatic heterocycles. The Hall–Kier alpha value is -1.88. The molecule has 0 spiro atoms. The van der Waals surface area contributed by atoms with Gasteiger partial charge in [0.1, 0.15) is 5.65 Å². The molecule has 0 bridgehead atoms. The van der Waals surface area contributed by atoms with E-state index in [1.807, 2.05) is 22.9 Å². The van der Waals surface area contributed by atoms with Crippen molar-refractivity contribution < 1.29 is 0 Å². The van der Waals surface area contributed by atoms with Crippen molar-refractivity contribution in [3.05, 3.63) is 52.9 Å². The van der Waals surface area contributed by atoms with E-state index in [9.17, 15) is 0 Å². The van der Waals surface area contributed by atoms with Gasteiger partial charge in [0.15, 0.2) is 0 Å². The Morgan fingerprint density at radius 3 is 3.00 bits per heavy atom. The number of hydrogen-bond acceptors (Lipinski definition) is 3. The van der Waals surface area contributed by atoms with Crippen molar-refractivity contribution in [2.75, 3.05) is 11.4 Å². The van der Waals surface area contributed by atoms with Gasteiger partial charge in [0, 0.05) is 35.3 Å². The molecule has 4 nitrogen and oxygen atoms in total. The second-order valence-electron chi connectivity index (χ2n) is 4.57. The Labute approximate surface area is 118 Å². The molecule has 19 heavy (non-hydrogen) atoms. The van der Waals surface area contributed by atoms with Crippen LogP contribution >= 0.6 is 15.9 Å². The number of aromatic nitrogens is 3. The fourth-order valence-corrected chi connectivity index (χ4v) is 2.95. The van der Waals surface area contributed by atoms with Crippen molar-refractivity contribution in [2.24, 2.45) is 0 Å². The van der Waals surface area contributed by atoms with Crippen molar-refractivity contribution in [3.8, 4) is 0 Å². The molecule has 1 aliphatic rings. The van der Waals surface area contributed by atoms with Crippen LogP contribution in [0.4, 0.5) is 11.6 Å². The quantitative estimate of drug-likeness (QED) is 0.691. The zero-order valence-corrected chi connectivity index (χ0v) is 11.7. The van der Waals surface area contributed by atoms with Crippen LogP contribution < -0.4 is 4.90 Å². The van der Waals surface area contributed by atoms with Crippen molar-refractivity contribution in [1.29, 1.82) is 0 Å². The van der Waals surface area contributed by atoms with Crippen LogP contribution in [0, 0.1) is 0 Å². The fraction of sp³-hybridized carbons (Fsp3) is 0.143. The van der Waals surface area contributed by atoms with E-state index in [2.05, 4.69) is 49.0 Å². The first-order chi connectivity index (χ1) is 9.33. The highest BCUT2D eigenvalue weighted by Gasteiger charge is 2.23. The predicted molar refractivity (Wildman–Crippen MR) is 77.8 cm³/mol. The average Bonchev–Trinajstić information content (AvgIpc) is 3.03. The van der Waals surface area contributed by atoms with E-state index in [-0.39, 0.29) is 0 Å². The van der Waals surface area contributed by atoms with Crippen LogP contribution in [0.2, 0.25) is 0 Å². The Morgan fingerprint density at radius 2 is 2.05 bits per heavy atom. The molecule has 3 aromatic rings. The summed E-state index contributed by atoms with van der Waals surface area (Å²) in [6, 6.07) is 8.34. The van der Waals surface area contributed by atoms with Gasteiger partial charge in [-0.2, -0.15) is 0 Å². The van der Waals surface area contributed by atoms with Crippen LogP contribution in [0.5, 0.6) is 0 Å². The summed E-state index contributed by atoms with van der Waals surface area (Å²) in [5, 5.41) is 0. The number of halogens is 1. The number of imidazole rings is 1. The topological polar surface area (TPSA) is 33.4 Å². The van der Waals surface area contributed by atoms with Gasteiger partial charge in [0.2, 0.25) is 5.95 Å². The second-order valence-corrected chi connectivity index (χ2v) is 5.49. The van der Waals surface area contributed by atoms with E-state index in [0.29, 0.717) is 0 Å². The summed E-state index contributed by atoms with van der Waals surface area (Å²) in [5.74, 6) is 0.923. The molecule has 0 unspecified atom stereocenters. The maximum absolute atomic E-state index is 4.52. The maximum Gasteiger partial charge on any atom is 0.215 e. The lowest BCUT2D eigenvalue weighted by atomic mass is 10.2. The fourth-order valence-electron chi connectivity index (χ4n) is 2.60. The molecule has 0 atom stereocenters. The number of hydrogen-bond donors (Lipinski definition) is 0. The van der Waals surface area contributed by atoms with Crippen molar-refractivity contribution >= 4 is 33.2 Å². The Balaban J connectivity index is 1.91. The third kappa shape index (κ3) is 1.65. The van der Waals surface area contributed by atoms with E-state index >= 15 is 0 Å². The van der Waals surface area contributed by atoms with Crippen LogP contribution in [0.15, 0.2) is 47.3 Å². The van der Waals surface area contributed by atoms with Crippen LogP contribution in [-0.4, -0.2) is 20.9 Å². The summed E-state index contributed by atoms with van der Waals surface area (Å²) in [6.45, 7) is 0.954. The molecule has 0 saturated carbocycles. The van der Waals surface area contributed by atoms with Crippen molar-refractivity contribution in [1.82, 2.24) is 14.4 Å². The van der Waals surface area contributed by atoms with Gasteiger partial charge in [-0.25, -0.2) is 9.97 Å². The van der Waals surface area contributed by atoms with Gasteiger partial charge in [-0.05, 0) is 30.2 Å². The first kappa shape index (κ1) is 11.0. The smallest absolute Gasteiger partial charge is 0.215 e. The monoisotopic (exact) mass is 314 g/mol. The third-order valence-corrected chi connectivity index (χ3v) is 3.98. The summed E-state index contributed by atoms with van der Waals surface area (Å²) < 4.78 is 3.12. The van der Waals surface area contributed by atoms with E-state index in [1.54, 1.807) is 6.20 Å². The van der Waals surface area contributed by atoms with E-state index in [4.69, 9.17) is 0 Å². The maximum atomic E-state index is 4.52. The first-order valence-corrected chi connectivity index (χ1v) is 6.96. The lowest BCUT2D eigenvalue weighted by Gasteiger charge is -2.19. The van der Waals surface area contributed by atoms with Gasteiger partial charge >= 0.3 is 0 Å². The normalized spacial score (nSPS) is 14.1. The van der Waals surface area contributed by atoms with Gasteiger partial charge < -0.3 is 4.90 Å². The van der Waals surface area contributed by atoms with Crippen molar-refractivity contribution in [3.63, 3.8) is 0 Å². The second kappa shape index (κ2) is 4.06. The van der Waals surface area contributed by atoms with Gasteiger partial charge in [0.05, 0.1) is 0 Å². The zero-order valence-electron chi connectivity index (χ0n) is 10.1. The van der Waals surface area contributed by atoms with E-state index in [1.165, 1.54) is 11.3 Å². The van der Waals surface area contributed by atoms with Crippen molar-refractivity contribution in [2.45, 2.75) is 6.42 Å². The van der Waals surface area contributed by atoms with Gasteiger partial charge in [-0.3, -0.25) is 4.40 Å². The van der Waals surface area contributed by atoms with Gasteiger partial charge in [-0.1, -0.05) is 22.0 Å². The molecule has 0 amide bonds. The van der Waals surface area contributed by atoms with E-state index < -0.39 is 0 Å². The highest BCUT2D eigenvalue weighted by atomic mass is 79.9. The highest BCUT2D eigenvalue weighted by molar-refractivity contribution is 9.10. The Bertz CT molecular complexity index is 765. The molecule has 0 radical (unpaired) electrons. The predicted octanol–water partition coefficient (Wildman–Crippen LogP) is 3.19. The zero-order chi connectivity index (χ0) is 12.8. The average molecular weight is 315 g/mol. The molecular weight excluding hydrogens is 304 g/mol. The molecular formula is C14H11BrN4. The minimum atomic E-state index is 0.923. The molecule has 3 heterocycles. The molecule has 0 aliphatic carbocycles. The standard InChI is InChI=1S/C14H11BrN4/c15-11-2-1-10-4-7-18(12(10)9-11)14-17-5-3-13-16-6-8-19(13)14/h1-3,5-6,8-9H,4,7H2. The van der Waals surface area contributed by atoms with Crippen LogP contribution in [0.1, 0.15) is 5.56 Å². The molecule has 0 saturated heterocycles. The largest absolute Gasteiger partial charge is 0.311 e. The minimum Gasteiger partial charge on any atom is -0.311 e. The summed E-state index contributed by atoms with van der Waals surface area (Å²) in [5.41, 5.74) is 3.51. The number of anilines is 2. The molecule has 4 rings (SSSR count). The lowest BCUT2D eigenvalue weighted by Crippen LogP contribution is -2.17. The molecule has 1 aromatic carbocycles. The molecule has 2 aromatic heterocycles. The van der Waals surface area contributed by atoms with Crippen LogP contribution in [0.3, 0.4) is 0 Å². The number of nitrogens with zero attached hydrogens (tertiary/aromatic N) is 4. The summed E-state index contributed by atoms with van der Waals surface area (Å²) in [4.78, 5) is 11.1.